The first-order chi connectivity index (χ1) is 16.8. The Morgan fingerprint density at radius 3 is 2.80 bits per heavy atom. The Morgan fingerprint density at radius 1 is 1.23 bits per heavy atom. The summed E-state index contributed by atoms with van der Waals surface area (Å²) in [6, 6.07) is 10.6. The van der Waals surface area contributed by atoms with Gasteiger partial charge in [-0.2, -0.15) is 10.4 Å². The van der Waals surface area contributed by atoms with Crippen LogP contribution in [0.3, 0.4) is 0 Å². The topological polar surface area (TPSA) is 95.9 Å². The Hall–Kier alpha value is -3.93. The van der Waals surface area contributed by atoms with Gasteiger partial charge in [-0.1, -0.05) is 6.92 Å². The molecular formula is C26H30N8O. The van der Waals surface area contributed by atoms with Gasteiger partial charge in [0, 0.05) is 50.7 Å². The standard InChI is InChI=1S/C26H30N8O/c1-16-14-34(23-12-25(35)32(5)24-15-33(9-8-27)30-26(23)24)18(3)10-22(16)31(4)19-6-7-20-21(11-19)29-17(2)13-28-20/h6-7,11-13,15-16,18,22H,9-10,14H2,1-5H3. The smallest absolute Gasteiger partial charge is 0.252 e. The first-order valence-corrected chi connectivity index (χ1v) is 11.9. The van der Waals surface area contributed by atoms with Gasteiger partial charge in [-0.05, 0) is 44.4 Å². The molecule has 3 atom stereocenters. The highest BCUT2D eigenvalue weighted by atomic mass is 16.1. The molecule has 0 radical (unpaired) electrons. The molecule has 0 N–H and O–H groups in total. The van der Waals surface area contributed by atoms with Crippen molar-refractivity contribution >= 4 is 33.4 Å². The van der Waals surface area contributed by atoms with Crippen LogP contribution in [0.1, 0.15) is 26.0 Å². The summed E-state index contributed by atoms with van der Waals surface area (Å²) in [7, 11) is 3.89. The summed E-state index contributed by atoms with van der Waals surface area (Å²) in [5.74, 6) is 0.343. The zero-order valence-electron chi connectivity index (χ0n) is 20.8. The minimum absolute atomic E-state index is 0.0735. The number of hydrogen-bond donors (Lipinski definition) is 0. The van der Waals surface area contributed by atoms with Crippen LogP contribution in [0.4, 0.5) is 11.4 Å². The van der Waals surface area contributed by atoms with Crippen LogP contribution < -0.4 is 15.4 Å². The Kier molecular flexibility index (Phi) is 5.67. The second kappa shape index (κ2) is 8.69. The van der Waals surface area contributed by atoms with E-state index in [-0.39, 0.29) is 18.1 Å². The number of rotatable bonds is 4. The molecule has 9 heteroatoms. The van der Waals surface area contributed by atoms with Crippen LogP contribution in [0.15, 0.2) is 41.5 Å². The molecule has 1 aliphatic heterocycles. The van der Waals surface area contributed by atoms with Crippen molar-refractivity contribution < 1.29 is 0 Å². The lowest BCUT2D eigenvalue weighted by atomic mass is 9.87. The minimum Gasteiger partial charge on any atom is -0.371 e. The lowest BCUT2D eigenvalue weighted by Gasteiger charge is -2.46. The maximum atomic E-state index is 12.8. The van der Waals surface area contributed by atoms with Crippen molar-refractivity contribution in [1.82, 2.24) is 24.3 Å². The molecule has 0 amide bonds. The monoisotopic (exact) mass is 470 g/mol. The third-order valence-electron chi connectivity index (χ3n) is 7.29. The second-order valence-electron chi connectivity index (χ2n) is 9.72. The summed E-state index contributed by atoms with van der Waals surface area (Å²) in [4.78, 5) is 26.5. The van der Waals surface area contributed by atoms with Crippen molar-refractivity contribution in [3.8, 4) is 6.07 Å². The largest absolute Gasteiger partial charge is 0.371 e. The fourth-order valence-corrected chi connectivity index (χ4v) is 5.31. The number of nitrogens with zero attached hydrogens (tertiary/aromatic N) is 8. The highest BCUT2D eigenvalue weighted by Crippen LogP contribution is 2.35. The van der Waals surface area contributed by atoms with E-state index >= 15 is 0 Å². The molecule has 1 fully saturated rings. The van der Waals surface area contributed by atoms with Crippen LogP contribution in [0.5, 0.6) is 0 Å². The Bertz CT molecular complexity index is 1510. The lowest BCUT2D eigenvalue weighted by Crippen LogP contribution is -2.53. The van der Waals surface area contributed by atoms with Crippen molar-refractivity contribution in [2.75, 3.05) is 23.4 Å². The Labute approximate surface area is 204 Å². The minimum atomic E-state index is -0.0735. The molecule has 5 rings (SSSR count). The van der Waals surface area contributed by atoms with Gasteiger partial charge in [0.05, 0.1) is 40.2 Å². The van der Waals surface area contributed by atoms with Gasteiger partial charge >= 0.3 is 0 Å². The fraction of sp³-hybridized carbons (Fsp3) is 0.423. The molecule has 0 bridgehead atoms. The van der Waals surface area contributed by atoms with E-state index in [0.29, 0.717) is 12.0 Å². The van der Waals surface area contributed by atoms with E-state index in [9.17, 15) is 4.79 Å². The molecule has 1 saturated heterocycles. The third-order valence-corrected chi connectivity index (χ3v) is 7.29. The predicted molar refractivity (Wildman–Crippen MR) is 138 cm³/mol. The molecule has 180 valence electrons. The number of piperidine rings is 1. The molecule has 35 heavy (non-hydrogen) atoms. The number of hydrogen-bond acceptors (Lipinski definition) is 7. The highest BCUT2D eigenvalue weighted by Gasteiger charge is 2.35. The average molecular weight is 471 g/mol. The maximum Gasteiger partial charge on any atom is 0.252 e. The van der Waals surface area contributed by atoms with Crippen molar-refractivity contribution in [3.63, 3.8) is 0 Å². The third kappa shape index (κ3) is 3.99. The van der Waals surface area contributed by atoms with Crippen LogP contribution >= 0.6 is 0 Å². The first-order valence-electron chi connectivity index (χ1n) is 11.9. The van der Waals surface area contributed by atoms with Crippen molar-refractivity contribution in [2.45, 2.75) is 45.8 Å². The van der Waals surface area contributed by atoms with Gasteiger partial charge in [0.15, 0.2) is 0 Å². The van der Waals surface area contributed by atoms with Crippen LogP contribution in [0, 0.1) is 24.2 Å². The first kappa shape index (κ1) is 22.8. The van der Waals surface area contributed by atoms with E-state index in [1.54, 1.807) is 34.8 Å². The number of aryl methyl sites for hydroxylation is 2. The predicted octanol–water partition coefficient (Wildman–Crippen LogP) is 3.25. The van der Waals surface area contributed by atoms with E-state index in [4.69, 9.17) is 5.26 Å². The van der Waals surface area contributed by atoms with Gasteiger partial charge in [0.1, 0.15) is 12.1 Å². The van der Waals surface area contributed by atoms with Crippen molar-refractivity contribution in [3.05, 3.63) is 52.7 Å². The highest BCUT2D eigenvalue weighted by molar-refractivity contribution is 5.88. The Balaban J connectivity index is 1.45. The van der Waals surface area contributed by atoms with E-state index in [1.807, 2.05) is 13.0 Å². The Morgan fingerprint density at radius 2 is 2.03 bits per heavy atom. The molecule has 0 spiro atoms. The summed E-state index contributed by atoms with van der Waals surface area (Å²) in [6.07, 6.45) is 4.51. The van der Waals surface area contributed by atoms with Crippen molar-refractivity contribution in [1.29, 1.82) is 5.26 Å². The number of nitriles is 1. The van der Waals surface area contributed by atoms with Crippen LogP contribution in [-0.2, 0) is 13.6 Å². The van der Waals surface area contributed by atoms with E-state index in [2.05, 4.69) is 64.0 Å². The van der Waals surface area contributed by atoms with Gasteiger partial charge in [0.2, 0.25) is 0 Å². The van der Waals surface area contributed by atoms with Gasteiger partial charge in [0.25, 0.3) is 5.56 Å². The number of benzene rings is 1. The van der Waals surface area contributed by atoms with Crippen LogP contribution in [0.25, 0.3) is 22.1 Å². The SMILES string of the molecule is Cc1cnc2ccc(N(C)C3CC(C)N(c4cc(=O)n(C)c5cn(CC#N)nc45)CC3C)cc2n1. The quantitative estimate of drug-likeness (QED) is 0.452. The van der Waals surface area contributed by atoms with Gasteiger partial charge in [-0.25, -0.2) is 4.98 Å². The molecule has 0 aliphatic carbocycles. The second-order valence-corrected chi connectivity index (χ2v) is 9.72. The number of aromatic nitrogens is 5. The summed E-state index contributed by atoms with van der Waals surface area (Å²) in [5, 5.41) is 13.8. The summed E-state index contributed by atoms with van der Waals surface area (Å²) >= 11 is 0. The normalized spacial score (nSPS) is 20.3. The summed E-state index contributed by atoms with van der Waals surface area (Å²) in [5.41, 5.74) is 6.11. The summed E-state index contributed by atoms with van der Waals surface area (Å²) in [6.45, 7) is 7.38. The molecule has 9 nitrogen and oxygen atoms in total. The maximum absolute atomic E-state index is 12.8. The molecule has 0 saturated carbocycles. The van der Waals surface area contributed by atoms with Gasteiger partial charge in [-0.15, -0.1) is 0 Å². The molecule has 1 aliphatic rings. The molecule has 1 aromatic carbocycles. The van der Waals surface area contributed by atoms with Crippen molar-refractivity contribution in [2.24, 2.45) is 13.0 Å². The fourth-order valence-electron chi connectivity index (χ4n) is 5.31. The number of anilines is 2. The van der Waals surface area contributed by atoms with Crippen LogP contribution in [0.2, 0.25) is 0 Å². The van der Waals surface area contributed by atoms with E-state index in [1.165, 1.54) is 0 Å². The van der Waals surface area contributed by atoms with E-state index < -0.39 is 0 Å². The van der Waals surface area contributed by atoms with Gasteiger partial charge in [-0.3, -0.25) is 14.5 Å². The molecule has 3 unspecified atom stereocenters. The molecular weight excluding hydrogens is 440 g/mol. The molecule has 4 aromatic rings. The number of pyridine rings is 1. The van der Waals surface area contributed by atoms with E-state index in [0.717, 1.165) is 52.1 Å². The molecule has 3 aromatic heterocycles. The van der Waals surface area contributed by atoms with Gasteiger partial charge < -0.3 is 14.4 Å². The number of fused-ring (bicyclic) bond motifs is 2. The molecule has 4 heterocycles. The van der Waals surface area contributed by atoms with Crippen LogP contribution in [-0.4, -0.2) is 50.0 Å². The summed E-state index contributed by atoms with van der Waals surface area (Å²) < 4.78 is 3.20. The zero-order valence-corrected chi connectivity index (χ0v) is 20.8. The average Bonchev–Trinajstić information content (AvgIpc) is 3.26. The zero-order chi connectivity index (χ0) is 24.9. The lowest BCUT2D eigenvalue weighted by molar-refractivity contribution is 0.328.